The van der Waals surface area contributed by atoms with Gasteiger partial charge < -0.3 is 9.64 Å². The molecule has 1 aromatic heterocycles. The molecule has 6 nitrogen and oxygen atoms in total. The Morgan fingerprint density at radius 3 is 2.76 bits per heavy atom. The third-order valence-electron chi connectivity index (χ3n) is 4.52. The summed E-state index contributed by atoms with van der Waals surface area (Å²) in [7, 11) is 0. The second-order valence-corrected chi connectivity index (χ2v) is 7.74. The fourth-order valence-electron chi connectivity index (χ4n) is 3.11. The number of halogens is 1. The highest BCUT2D eigenvalue weighted by Crippen LogP contribution is 2.33. The van der Waals surface area contributed by atoms with Crippen molar-refractivity contribution in [1.29, 1.82) is 0 Å². The van der Waals surface area contributed by atoms with Gasteiger partial charge >= 0.3 is 0 Å². The fourth-order valence-corrected chi connectivity index (χ4v) is 3.96. The molecule has 0 unspecified atom stereocenters. The average molecular weight is 411 g/mol. The first kappa shape index (κ1) is 19.1. The molecule has 2 heterocycles. The Kier molecular flexibility index (Phi) is 5.26. The van der Waals surface area contributed by atoms with Crippen LogP contribution in [-0.4, -0.2) is 29.4 Å². The van der Waals surface area contributed by atoms with Crippen LogP contribution in [0.5, 0.6) is 5.75 Å². The Morgan fingerprint density at radius 2 is 2.00 bits per heavy atom. The van der Waals surface area contributed by atoms with Gasteiger partial charge in [0.05, 0.1) is 12.2 Å². The number of rotatable bonds is 4. The van der Waals surface area contributed by atoms with Crippen LogP contribution in [-0.2, 0) is 16.0 Å². The minimum absolute atomic E-state index is 0.131. The average Bonchev–Trinajstić information content (AvgIpc) is 3.15. The number of benzene rings is 2. The summed E-state index contributed by atoms with van der Waals surface area (Å²) in [6.07, 6.45) is 1.44. The van der Waals surface area contributed by atoms with Crippen LogP contribution < -0.4 is 15.0 Å². The summed E-state index contributed by atoms with van der Waals surface area (Å²) in [5.74, 6) is -0.312. The van der Waals surface area contributed by atoms with Gasteiger partial charge in [0.2, 0.25) is 5.91 Å². The molecule has 0 bridgehead atoms. The summed E-state index contributed by atoms with van der Waals surface area (Å²) in [6, 6.07) is 13.4. The van der Waals surface area contributed by atoms with E-state index < -0.39 is 6.10 Å². The number of nitrogens with zero attached hydrogens (tertiary/aromatic N) is 2. The Balaban J connectivity index is 1.44. The van der Waals surface area contributed by atoms with Crippen molar-refractivity contribution in [3.05, 3.63) is 71.0 Å². The van der Waals surface area contributed by atoms with Crippen LogP contribution in [0.1, 0.15) is 17.4 Å². The first-order valence-corrected chi connectivity index (χ1v) is 9.85. The van der Waals surface area contributed by atoms with Crippen molar-refractivity contribution in [2.75, 3.05) is 16.8 Å². The highest BCUT2D eigenvalue weighted by atomic mass is 32.1. The molecule has 0 saturated carbocycles. The lowest BCUT2D eigenvalue weighted by Crippen LogP contribution is -2.48. The summed E-state index contributed by atoms with van der Waals surface area (Å²) < 4.78 is 18.8. The molecular formula is C21H18FN3O3S. The van der Waals surface area contributed by atoms with Crippen LogP contribution in [0.25, 0.3) is 0 Å². The van der Waals surface area contributed by atoms with E-state index in [1.807, 2.05) is 6.07 Å². The number of ether oxygens (including phenoxy) is 1. The highest BCUT2D eigenvalue weighted by Gasteiger charge is 2.32. The van der Waals surface area contributed by atoms with E-state index in [9.17, 15) is 14.0 Å². The van der Waals surface area contributed by atoms with E-state index in [4.69, 9.17) is 4.74 Å². The molecule has 29 heavy (non-hydrogen) atoms. The fraction of sp³-hybridized carbons (Fsp3) is 0.190. The van der Waals surface area contributed by atoms with Crippen LogP contribution in [0.4, 0.5) is 15.2 Å². The molecule has 1 atom stereocenters. The molecule has 0 radical (unpaired) electrons. The molecular weight excluding hydrogens is 393 g/mol. The molecule has 8 heteroatoms. The number of carbonyl (C=O) groups excluding carboxylic acids is 2. The summed E-state index contributed by atoms with van der Waals surface area (Å²) >= 11 is 1.34. The number of nitrogens with one attached hydrogen (secondary N) is 1. The highest BCUT2D eigenvalue weighted by molar-refractivity contribution is 7.15. The van der Waals surface area contributed by atoms with E-state index in [1.54, 1.807) is 36.5 Å². The summed E-state index contributed by atoms with van der Waals surface area (Å²) in [5, 5.41) is 3.21. The van der Waals surface area contributed by atoms with Gasteiger partial charge in [0, 0.05) is 24.4 Å². The molecule has 0 spiro atoms. The third-order valence-corrected chi connectivity index (χ3v) is 5.43. The quantitative estimate of drug-likeness (QED) is 0.712. The van der Waals surface area contributed by atoms with Crippen LogP contribution in [0.2, 0.25) is 0 Å². The van der Waals surface area contributed by atoms with Gasteiger partial charge in [-0.15, -0.1) is 11.3 Å². The number of hydrogen-bond donors (Lipinski definition) is 1. The van der Waals surface area contributed by atoms with Gasteiger partial charge in [-0.3, -0.25) is 14.9 Å². The van der Waals surface area contributed by atoms with Gasteiger partial charge in [0.25, 0.3) is 5.91 Å². The molecule has 4 rings (SSSR count). The molecule has 1 aliphatic rings. The number of anilines is 2. The van der Waals surface area contributed by atoms with E-state index >= 15 is 0 Å². The predicted octanol–water partition coefficient (Wildman–Crippen LogP) is 3.63. The van der Waals surface area contributed by atoms with Crippen molar-refractivity contribution in [3.8, 4) is 5.75 Å². The maximum absolute atomic E-state index is 13.0. The lowest BCUT2D eigenvalue weighted by Gasteiger charge is -2.33. The monoisotopic (exact) mass is 411 g/mol. The Labute approximate surface area is 171 Å². The minimum atomic E-state index is -0.835. The summed E-state index contributed by atoms with van der Waals surface area (Å²) in [4.78, 5) is 31.4. The largest absolute Gasteiger partial charge is 0.476 e. The van der Waals surface area contributed by atoms with Crippen molar-refractivity contribution in [2.45, 2.75) is 19.4 Å². The van der Waals surface area contributed by atoms with Gasteiger partial charge in [-0.25, -0.2) is 9.37 Å². The zero-order valence-corrected chi connectivity index (χ0v) is 16.4. The van der Waals surface area contributed by atoms with Gasteiger partial charge in [-0.2, -0.15) is 0 Å². The van der Waals surface area contributed by atoms with Crippen LogP contribution in [0.15, 0.2) is 54.7 Å². The minimum Gasteiger partial charge on any atom is -0.476 e. The van der Waals surface area contributed by atoms with E-state index in [2.05, 4.69) is 10.3 Å². The first-order chi connectivity index (χ1) is 14.0. The Morgan fingerprint density at radius 1 is 1.24 bits per heavy atom. The molecule has 2 amide bonds. The maximum atomic E-state index is 13.0. The van der Waals surface area contributed by atoms with Crippen molar-refractivity contribution in [3.63, 3.8) is 0 Å². The predicted molar refractivity (Wildman–Crippen MR) is 109 cm³/mol. The van der Waals surface area contributed by atoms with Gasteiger partial charge in [0.15, 0.2) is 11.2 Å². The molecule has 1 N–H and O–H groups in total. The number of amides is 2. The number of thiazole rings is 1. The van der Waals surface area contributed by atoms with Crippen molar-refractivity contribution < 1.29 is 18.7 Å². The van der Waals surface area contributed by atoms with E-state index in [-0.39, 0.29) is 24.2 Å². The van der Waals surface area contributed by atoms with Crippen molar-refractivity contribution in [1.82, 2.24) is 4.98 Å². The van der Waals surface area contributed by atoms with Crippen molar-refractivity contribution in [2.24, 2.45) is 0 Å². The van der Waals surface area contributed by atoms with Gasteiger partial charge in [-0.1, -0.05) is 24.3 Å². The number of para-hydroxylation sites is 2. The summed E-state index contributed by atoms with van der Waals surface area (Å²) in [5.41, 5.74) is 1.61. The normalized spacial score (nSPS) is 15.4. The molecule has 2 aromatic carbocycles. The van der Waals surface area contributed by atoms with Crippen LogP contribution in [0, 0.1) is 5.82 Å². The van der Waals surface area contributed by atoms with E-state index in [0.29, 0.717) is 23.0 Å². The lowest BCUT2D eigenvalue weighted by atomic mass is 10.1. The van der Waals surface area contributed by atoms with E-state index in [0.717, 1.165) is 10.4 Å². The Hall–Kier alpha value is -3.26. The molecule has 0 saturated heterocycles. The smallest absolute Gasteiger partial charge is 0.269 e. The number of aromatic nitrogens is 1. The molecule has 0 fully saturated rings. The second-order valence-electron chi connectivity index (χ2n) is 6.63. The standard InChI is InChI=1S/C21H18FN3O3S/c1-13(26)25-12-19(28-18-5-3-2-4-17(18)25)20(27)24-21-23-11-16(29-21)10-14-6-8-15(22)9-7-14/h2-9,11,19H,10,12H2,1H3,(H,23,24,27)/t19-/m0/s1. The van der Waals surface area contributed by atoms with Crippen molar-refractivity contribution >= 4 is 34.0 Å². The zero-order valence-electron chi connectivity index (χ0n) is 15.6. The third kappa shape index (κ3) is 4.27. The zero-order chi connectivity index (χ0) is 20.4. The molecule has 3 aromatic rings. The van der Waals surface area contributed by atoms with Crippen LogP contribution >= 0.6 is 11.3 Å². The number of hydrogen-bond acceptors (Lipinski definition) is 5. The molecule has 0 aliphatic carbocycles. The molecule has 1 aliphatic heterocycles. The van der Waals surface area contributed by atoms with Gasteiger partial charge in [-0.05, 0) is 29.8 Å². The second kappa shape index (κ2) is 8.00. The summed E-state index contributed by atoms with van der Waals surface area (Å²) in [6.45, 7) is 1.59. The number of fused-ring (bicyclic) bond motifs is 1. The molecule has 148 valence electrons. The van der Waals surface area contributed by atoms with E-state index in [1.165, 1.54) is 35.3 Å². The van der Waals surface area contributed by atoms with Crippen LogP contribution in [0.3, 0.4) is 0 Å². The lowest BCUT2D eigenvalue weighted by molar-refractivity contribution is -0.123. The number of carbonyl (C=O) groups is 2. The topological polar surface area (TPSA) is 71.5 Å². The SMILES string of the molecule is CC(=O)N1C[C@@H](C(=O)Nc2ncc(Cc3ccc(F)cc3)s2)Oc2ccccc21. The first-order valence-electron chi connectivity index (χ1n) is 9.03. The Bertz CT molecular complexity index is 1050. The maximum Gasteiger partial charge on any atom is 0.269 e. The van der Waals surface area contributed by atoms with Gasteiger partial charge in [0.1, 0.15) is 11.6 Å².